The highest BCUT2D eigenvalue weighted by molar-refractivity contribution is 5.72. The molecule has 0 saturated carbocycles. The summed E-state index contributed by atoms with van der Waals surface area (Å²) in [6, 6.07) is -0.427. The van der Waals surface area contributed by atoms with E-state index in [0.29, 0.717) is 19.6 Å². The smallest absolute Gasteiger partial charge is 0.314 e. The second-order valence-corrected chi connectivity index (χ2v) is 3.78. The summed E-state index contributed by atoms with van der Waals surface area (Å²) in [5, 5.41) is 7.01. The van der Waals surface area contributed by atoms with Crippen LogP contribution in [0, 0.1) is 13.8 Å². The molecule has 1 aromatic heterocycles. The quantitative estimate of drug-likeness (QED) is 0.652. The molecule has 0 saturated heterocycles. The standard InChI is InChI=1S/C10H19N5O/c1-7-9(8(2)14-13-7)3-5-15(6-4-11)10(12)16/h3-6,11H2,1-2H3,(H2,12,16)(H,13,14). The first-order chi connectivity index (χ1) is 7.56. The van der Waals surface area contributed by atoms with Crippen molar-refractivity contribution < 1.29 is 4.79 Å². The number of aromatic nitrogens is 2. The van der Waals surface area contributed by atoms with E-state index >= 15 is 0 Å². The van der Waals surface area contributed by atoms with Crippen LogP contribution < -0.4 is 11.5 Å². The number of nitrogens with zero attached hydrogens (tertiary/aromatic N) is 2. The Morgan fingerprint density at radius 3 is 2.56 bits per heavy atom. The summed E-state index contributed by atoms with van der Waals surface area (Å²) in [6.07, 6.45) is 0.747. The van der Waals surface area contributed by atoms with Crippen molar-refractivity contribution in [2.75, 3.05) is 19.6 Å². The molecule has 0 atom stereocenters. The van der Waals surface area contributed by atoms with E-state index in [1.165, 1.54) is 0 Å². The molecule has 0 aliphatic rings. The lowest BCUT2D eigenvalue weighted by atomic mass is 10.1. The van der Waals surface area contributed by atoms with Gasteiger partial charge in [0.1, 0.15) is 0 Å². The predicted molar refractivity (Wildman–Crippen MR) is 62.0 cm³/mol. The van der Waals surface area contributed by atoms with Crippen molar-refractivity contribution in [1.29, 1.82) is 0 Å². The molecule has 2 amide bonds. The van der Waals surface area contributed by atoms with Crippen molar-refractivity contribution in [2.45, 2.75) is 20.3 Å². The Labute approximate surface area is 95.0 Å². The van der Waals surface area contributed by atoms with Crippen molar-refractivity contribution in [2.24, 2.45) is 11.5 Å². The summed E-state index contributed by atoms with van der Waals surface area (Å²) in [5.74, 6) is 0. The van der Waals surface area contributed by atoms with Crippen molar-refractivity contribution in [3.8, 4) is 0 Å². The van der Waals surface area contributed by atoms with Crippen molar-refractivity contribution in [3.63, 3.8) is 0 Å². The number of hydrogen-bond acceptors (Lipinski definition) is 3. The lowest BCUT2D eigenvalue weighted by Gasteiger charge is -2.19. The number of H-pyrrole nitrogens is 1. The Hall–Kier alpha value is -1.56. The van der Waals surface area contributed by atoms with Gasteiger partial charge in [-0.3, -0.25) is 5.10 Å². The first-order valence-electron chi connectivity index (χ1n) is 5.31. The summed E-state index contributed by atoms with van der Waals surface area (Å²) >= 11 is 0. The number of nitrogens with one attached hydrogen (secondary N) is 1. The van der Waals surface area contributed by atoms with Gasteiger partial charge < -0.3 is 16.4 Å². The number of rotatable bonds is 5. The van der Waals surface area contributed by atoms with Gasteiger partial charge in [0.15, 0.2) is 0 Å². The maximum atomic E-state index is 11.1. The highest BCUT2D eigenvalue weighted by atomic mass is 16.2. The van der Waals surface area contributed by atoms with Gasteiger partial charge in [0.2, 0.25) is 0 Å². The van der Waals surface area contributed by atoms with Crippen LogP contribution in [0.5, 0.6) is 0 Å². The molecule has 6 heteroatoms. The van der Waals surface area contributed by atoms with Gasteiger partial charge >= 0.3 is 6.03 Å². The topological polar surface area (TPSA) is 101 Å². The molecule has 0 radical (unpaired) electrons. The van der Waals surface area contributed by atoms with Gasteiger partial charge in [0, 0.05) is 25.3 Å². The monoisotopic (exact) mass is 225 g/mol. The normalized spacial score (nSPS) is 10.4. The van der Waals surface area contributed by atoms with Gasteiger partial charge in [-0.1, -0.05) is 0 Å². The van der Waals surface area contributed by atoms with Gasteiger partial charge in [-0.05, 0) is 25.8 Å². The van der Waals surface area contributed by atoms with E-state index < -0.39 is 6.03 Å². The van der Waals surface area contributed by atoms with E-state index in [9.17, 15) is 4.79 Å². The Bertz CT molecular complexity index is 341. The van der Waals surface area contributed by atoms with Gasteiger partial charge in [-0.25, -0.2) is 4.79 Å². The molecule has 6 nitrogen and oxygen atoms in total. The Balaban J connectivity index is 2.58. The first kappa shape index (κ1) is 12.5. The highest BCUT2D eigenvalue weighted by Gasteiger charge is 2.11. The average molecular weight is 225 g/mol. The fraction of sp³-hybridized carbons (Fsp3) is 0.600. The first-order valence-corrected chi connectivity index (χ1v) is 5.31. The van der Waals surface area contributed by atoms with E-state index in [4.69, 9.17) is 11.5 Å². The molecule has 0 aliphatic carbocycles. The Morgan fingerprint density at radius 2 is 2.12 bits per heavy atom. The van der Waals surface area contributed by atoms with Gasteiger partial charge in [0.05, 0.1) is 5.69 Å². The van der Waals surface area contributed by atoms with Crippen LogP contribution in [0.4, 0.5) is 4.79 Å². The predicted octanol–water partition coefficient (Wildman–Crippen LogP) is -0.0916. The molecule has 0 fully saturated rings. The van der Waals surface area contributed by atoms with Crippen molar-refractivity contribution in [1.82, 2.24) is 15.1 Å². The summed E-state index contributed by atoms with van der Waals surface area (Å²) in [6.45, 7) is 5.40. The molecule has 5 N–H and O–H groups in total. The largest absolute Gasteiger partial charge is 0.351 e. The molecule has 1 aromatic rings. The number of carbonyl (C=O) groups excluding carboxylic acids is 1. The minimum absolute atomic E-state index is 0.423. The number of hydrogen-bond donors (Lipinski definition) is 3. The number of amides is 2. The molecule has 0 aliphatic heterocycles. The zero-order valence-electron chi connectivity index (χ0n) is 9.79. The van der Waals surface area contributed by atoms with Crippen LogP contribution in [-0.2, 0) is 6.42 Å². The van der Waals surface area contributed by atoms with Crippen LogP contribution in [-0.4, -0.2) is 40.8 Å². The van der Waals surface area contributed by atoms with Crippen LogP contribution in [0.25, 0.3) is 0 Å². The molecule has 1 heterocycles. The number of urea groups is 1. The highest BCUT2D eigenvalue weighted by Crippen LogP contribution is 2.10. The Morgan fingerprint density at radius 1 is 1.44 bits per heavy atom. The van der Waals surface area contributed by atoms with E-state index in [2.05, 4.69) is 10.2 Å². The maximum absolute atomic E-state index is 11.1. The molecule has 0 aromatic carbocycles. The lowest BCUT2D eigenvalue weighted by molar-refractivity contribution is 0.209. The minimum atomic E-state index is -0.427. The molecular weight excluding hydrogens is 206 g/mol. The third-order valence-corrected chi connectivity index (χ3v) is 2.62. The second kappa shape index (κ2) is 5.50. The maximum Gasteiger partial charge on any atom is 0.314 e. The average Bonchev–Trinajstić information content (AvgIpc) is 2.54. The summed E-state index contributed by atoms with van der Waals surface area (Å²) < 4.78 is 0. The van der Waals surface area contributed by atoms with E-state index in [1.807, 2.05) is 13.8 Å². The number of primary amides is 1. The summed E-state index contributed by atoms with van der Waals surface area (Å²) in [7, 11) is 0. The number of aromatic amines is 1. The number of aryl methyl sites for hydroxylation is 2. The third kappa shape index (κ3) is 2.96. The lowest BCUT2D eigenvalue weighted by Crippen LogP contribution is -2.40. The van der Waals surface area contributed by atoms with Crippen LogP contribution in [0.3, 0.4) is 0 Å². The molecule has 90 valence electrons. The van der Waals surface area contributed by atoms with E-state index in [0.717, 1.165) is 23.4 Å². The molecule has 0 spiro atoms. The summed E-state index contributed by atoms with van der Waals surface area (Å²) in [5.41, 5.74) is 13.8. The Kier molecular flexibility index (Phi) is 4.30. The van der Waals surface area contributed by atoms with E-state index in [1.54, 1.807) is 4.90 Å². The van der Waals surface area contributed by atoms with Gasteiger partial charge in [0.25, 0.3) is 0 Å². The fourth-order valence-corrected chi connectivity index (χ4v) is 1.68. The molecule has 1 rings (SSSR count). The number of carbonyl (C=O) groups is 1. The van der Waals surface area contributed by atoms with Gasteiger partial charge in [-0.15, -0.1) is 0 Å². The van der Waals surface area contributed by atoms with Gasteiger partial charge in [-0.2, -0.15) is 5.10 Å². The van der Waals surface area contributed by atoms with Crippen LogP contribution >= 0.6 is 0 Å². The van der Waals surface area contributed by atoms with Crippen molar-refractivity contribution >= 4 is 6.03 Å². The summed E-state index contributed by atoms with van der Waals surface area (Å²) in [4.78, 5) is 12.6. The number of nitrogens with two attached hydrogens (primary N) is 2. The zero-order valence-corrected chi connectivity index (χ0v) is 9.79. The fourth-order valence-electron chi connectivity index (χ4n) is 1.68. The second-order valence-electron chi connectivity index (χ2n) is 3.78. The van der Waals surface area contributed by atoms with Crippen LogP contribution in [0.15, 0.2) is 0 Å². The van der Waals surface area contributed by atoms with Crippen LogP contribution in [0.2, 0.25) is 0 Å². The zero-order chi connectivity index (χ0) is 12.1. The third-order valence-electron chi connectivity index (χ3n) is 2.62. The minimum Gasteiger partial charge on any atom is -0.351 e. The molecule has 0 bridgehead atoms. The molecule has 16 heavy (non-hydrogen) atoms. The molecular formula is C10H19N5O. The SMILES string of the molecule is Cc1n[nH]c(C)c1CCN(CCN)C(N)=O. The van der Waals surface area contributed by atoms with Crippen molar-refractivity contribution in [3.05, 3.63) is 17.0 Å². The van der Waals surface area contributed by atoms with Crippen LogP contribution in [0.1, 0.15) is 17.0 Å². The van der Waals surface area contributed by atoms with E-state index in [-0.39, 0.29) is 0 Å². The molecule has 0 unspecified atom stereocenters.